The van der Waals surface area contributed by atoms with E-state index in [1.54, 1.807) is 30.3 Å². The largest absolute Gasteiger partial charge is 0.457 e. The summed E-state index contributed by atoms with van der Waals surface area (Å²) in [7, 11) is 0. The summed E-state index contributed by atoms with van der Waals surface area (Å²) in [6, 6.07) is 19.0. The molecule has 0 fully saturated rings. The molecule has 3 aromatic carbocycles. The number of allylic oxidation sites excluding steroid dienone is 1. The lowest BCUT2D eigenvalue weighted by molar-refractivity contribution is -0.140. The lowest BCUT2D eigenvalue weighted by atomic mass is 9.90. The topological polar surface area (TPSA) is 123 Å². The summed E-state index contributed by atoms with van der Waals surface area (Å²) in [5.74, 6) is -0.585. The van der Waals surface area contributed by atoms with Crippen LogP contribution in [-0.4, -0.2) is 17.9 Å². The summed E-state index contributed by atoms with van der Waals surface area (Å²) >= 11 is 6.35. The zero-order chi connectivity index (χ0) is 26.6. The van der Waals surface area contributed by atoms with Crippen LogP contribution < -0.4 is 21.7 Å². The monoisotopic (exact) mass is 530 g/mol. The van der Waals surface area contributed by atoms with Crippen LogP contribution in [-0.2, 0) is 33.8 Å². The van der Waals surface area contributed by atoms with Crippen molar-refractivity contribution in [3.05, 3.63) is 105 Å². The Morgan fingerprint density at radius 1 is 0.974 bits per heavy atom. The zero-order valence-corrected chi connectivity index (χ0v) is 21.3. The Labute approximate surface area is 225 Å². The lowest BCUT2D eigenvalue weighted by Crippen LogP contribution is -2.46. The number of nitrogen functional groups attached to an aromatic ring is 1. The number of carbonyl (C=O) groups is 3. The molecule has 0 spiro atoms. The molecule has 2 aliphatic heterocycles. The molecular formula is C29H27ClN4O4. The van der Waals surface area contributed by atoms with E-state index in [2.05, 4.69) is 16.0 Å². The fourth-order valence-electron chi connectivity index (χ4n) is 4.76. The van der Waals surface area contributed by atoms with Gasteiger partial charge in [0.25, 0.3) is 0 Å². The van der Waals surface area contributed by atoms with Gasteiger partial charge in [0.05, 0.1) is 11.6 Å². The maximum atomic E-state index is 13.6. The van der Waals surface area contributed by atoms with Crippen molar-refractivity contribution in [2.24, 2.45) is 0 Å². The van der Waals surface area contributed by atoms with E-state index in [1.165, 1.54) is 0 Å². The highest BCUT2D eigenvalue weighted by Crippen LogP contribution is 2.33. The number of carbonyl (C=O) groups excluding carboxylic acids is 3. The number of anilines is 2. The predicted octanol–water partition coefficient (Wildman–Crippen LogP) is 4.79. The Kier molecular flexibility index (Phi) is 7.33. The van der Waals surface area contributed by atoms with Gasteiger partial charge in [0.15, 0.2) is 0 Å². The molecule has 0 radical (unpaired) electrons. The normalized spacial score (nSPS) is 16.7. The SMILES string of the molecule is Nc1cccc(COC(=O)C2=C(CCc3ccccc3Cl)NC(=O)NC2c2ccc3c(c2)CCC(=O)N3)c1. The summed E-state index contributed by atoms with van der Waals surface area (Å²) in [5, 5.41) is 9.19. The van der Waals surface area contributed by atoms with E-state index in [9.17, 15) is 14.4 Å². The van der Waals surface area contributed by atoms with Gasteiger partial charge in [0, 0.05) is 28.5 Å². The zero-order valence-electron chi connectivity index (χ0n) is 20.6. The lowest BCUT2D eigenvalue weighted by Gasteiger charge is -2.30. The van der Waals surface area contributed by atoms with Crippen LogP contribution in [0.2, 0.25) is 5.02 Å². The Balaban J connectivity index is 1.49. The number of benzene rings is 3. The number of aryl methyl sites for hydroxylation is 2. The molecule has 38 heavy (non-hydrogen) atoms. The Morgan fingerprint density at radius 3 is 2.63 bits per heavy atom. The number of esters is 1. The molecule has 0 bridgehead atoms. The van der Waals surface area contributed by atoms with Crippen LogP contribution in [0.15, 0.2) is 78.0 Å². The molecule has 1 unspecified atom stereocenters. The third-order valence-electron chi connectivity index (χ3n) is 6.65. The summed E-state index contributed by atoms with van der Waals surface area (Å²) in [5.41, 5.74) is 11.3. The minimum Gasteiger partial charge on any atom is -0.457 e. The maximum absolute atomic E-state index is 13.6. The molecule has 0 aliphatic carbocycles. The van der Waals surface area contributed by atoms with E-state index in [4.69, 9.17) is 22.1 Å². The second kappa shape index (κ2) is 11.0. The van der Waals surface area contributed by atoms with E-state index >= 15 is 0 Å². The molecule has 3 aromatic rings. The molecular weight excluding hydrogens is 504 g/mol. The highest BCUT2D eigenvalue weighted by atomic mass is 35.5. The van der Waals surface area contributed by atoms with Gasteiger partial charge in [-0.2, -0.15) is 0 Å². The van der Waals surface area contributed by atoms with Crippen LogP contribution in [0.4, 0.5) is 16.2 Å². The van der Waals surface area contributed by atoms with Crippen LogP contribution in [0.1, 0.15) is 41.1 Å². The van der Waals surface area contributed by atoms with Crippen molar-refractivity contribution in [2.45, 2.75) is 38.3 Å². The van der Waals surface area contributed by atoms with Gasteiger partial charge in [-0.05, 0) is 65.8 Å². The van der Waals surface area contributed by atoms with Crippen molar-refractivity contribution < 1.29 is 19.1 Å². The number of halogens is 1. The van der Waals surface area contributed by atoms with Crippen LogP contribution >= 0.6 is 11.6 Å². The summed E-state index contributed by atoms with van der Waals surface area (Å²) in [6.45, 7) is 0.0298. The maximum Gasteiger partial charge on any atom is 0.338 e. The van der Waals surface area contributed by atoms with Gasteiger partial charge in [-0.25, -0.2) is 9.59 Å². The van der Waals surface area contributed by atoms with Crippen LogP contribution in [0.25, 0.3) is 0 Å². The molecule has 3 amide bonds. The molecule has 2 heterocycles. The first-order valence-corrected chi connectivity index (χ1v) is 12.7. The van der Waals surface area contributed by atoms with Gasteiger partial charge in [0.1, 0.15) is 6.61 Å². The van der Waals surface area contributed by atoms with Crippen molar-refractivity contribution >= 4 is 40.9 Å². The van der Waals surface area contributed by atoms with E-state index < -0.39 is 18.0 Å². The van der Waals surface area contributed by atoms with Gasteiger partial charge < -0.3 is 26.4 Å². The number of nitrogens with one attached hydrogen (secondary N) is 3. The Bertz CT molecular complexity index is 1450. The van der Waals surface area contributed by atoms with Crippen molar-refractivity contribution in [3.8, 4) is 0 Å². The van der Waals surface area contributed by atoms with E-state index in [0.717, 1.165) is 27.9 Å². The van der Waals surface area contributed by atoms with Crippen molar-refractivity contribution in [3.63, 3.8) is 0 Å². The molecule has 0 saturated carbocycles. The molecule has 5 rings (SSSR count). The predicted molar refractivity (Wildman–Crippen MR) is 145 cm³/mol. The van der Waals surface area contributed by atoms with Crippen LogP contribution in [0.5, 0.6) is 0 Å². The quantitative estimate of drug-likeness (QED) is 0.258. The van der Waals surface area contributed by atoms with Crippen molar-refractivity contribution in [1.29, 1.82) is 0 Å². The minimum atomic E-state index is -0.735. The average Bonchev–Trinajstić information content (AvgIpc) is 2.90. The second-order valence-electron chi connectivity index (χ2n) is 9.30. The average molecular weight is 531 g/mol. The summed E-state index contributed by atoms with van der Waals surface area (Å²) < 4.78 is 5.72. The number of urea groups is 1. The molecule has 2 aliphatic rings. The fraction of sp³-hybridized carbons (Fsp3) is 0.207. The first kappa shape index (κ1) is 25.4. The highest BCUT2D eigenvalue weighted by molar-refractivity contribution is 6.31. The molecule has 0 aromatic heterocycles. The number of hydrogen-bond acceptors (Lipinski definition) is 5. The number of rotatable bonds is 7. The third kappa shape index (κ3) is 5.65. The first-order chi connectivity index (χ1) is 18.4. The van der Waals surface area contributed by atoms with Crippen LogP contribution in [0.3, 0.4) is 0 Å². The fourth-order valence-corrected chi connectivity index (χ4v) is 4.99. The van der Waals surface area contributed by atoms with Gasteiger partial charge in [-0.3, -0.25) is 4.79 Å². The second-order valence-corrected chi connectivity index (χ2v) is 9.71. The smallest absolute Gasteiger partial charge is 0.338 e. The number of nitrogens with two attached hydrogens (primary N) is 1. The minimum absolute atomic E-state index is 0.0298. The van der Waals surface area contributed by atoms with Crippen molar-refractivity contribution in [2.75, 3.05) is 11.1 Å². The number of hydrogen-bond donors (Lipinski definition) is 4. The van der Waals surface area contributed by atoms with Gasteiger partial charge in [-0.1, -0.05) is 54.1 Å². The molecule has 1 atom stereocenters. The number of ether oxygens (including phenoxy) is 1. The number of fused-ring (bicyclic) bond motifs is 1. The van der Waals surface area contributed by atoms with Gasteiger partial charge in [-0.15, -0.1) is 0 Å². The molecule has 0 saturated heterocycles. The third-order valence-corrected chi connectivity index (χ3v) is 7.02. The standard InChI is InChI=1S/C29H27ClN4O4/c30-22-7-2-1-5-18(22)8-12-24-26(28(36)38-16-17-4-3-6-21(31)14-17)27(34-29(37)33-24)20-9-11-23-19(15-20)10-13-25(35)32-23/h1-7,9,11,14-15,27H,8,10,12-13,16,31H2,(H,32,35)(H2,33,34,37). The van der Waals surface area contributed by atoms with Gasteiger partial charge in [0.2, 0.25) is 5.91 Å². The first-order valence-electron chi connectivity index (χ1n) is 12.4. The van der Waals surface area contributed by atoms with Gasteiger partial charge >= 0.3 is 12.0 Å². The Hall–Kier alpha value is -4.30. The van der Waals surface area contributed by atoms with E-state index in [1.807, 2.05) is 36.4 Å². The Morgan fingerprint density at radius 2 is 1.82 bits per heavy atom. The summed E-state index contributed by atoms with van der Waals surface area (Å²) in [4.78, 5) is 38.1. The molecule has 194 valence electrons. The van der Waals surface area contributed by atoms with Crippen molar-refractivity contribution in [1.82, 2.24) is 10.6 Å². The molecule has 5 N–H and O–H groups in total. The highest BCUT2D eigenvalue weighted by Gasteiger charge is 2.34. The molecule has 9 heteroatoms. The van der Waals surface area contributed by atoms with E-state index in [-0.39, 0.29) is 12.5 Å². The van der Waals surface area contributed by atoms with Crippen LogP contribution in [0, 0.1) is 0 Å². The molecule has 8 nitrogen and oxygen atoms in total. The number of amides is 3. The summed E-state index contributed by atoms with van der Waals surface area (Å²) in [6.07, 6.45) is 1.84. The van der Waals surface area contributed by atoms with E-state index in [0.29, 0.717) is 47.7 Å².